The van der Waals surface area contributed by atoms with E-state index in [0.29, 0.717) is 24.3 Å². The van der Waals surface area contributed by atoms with E-state index in [1.807, 2.05) is 19.1 Å². The van der Waals surface area contributed by atoms with E-state index >= 15 is 0 Å². The molecule has 2 rings (SSSR count). The Morgan fingerprint density at radius 3 is 2.04 bits per heavy atom. The summed E-state index contributed by atoms with van der Waals surface area (Å²) < 4.78 is 5.66. The third-order valence-corrected chi connectivity index (χ3v) is 4.04. The lowest BCUT2D eigenvalue weighted by atomic mass is 10.2. The summed E-state index contributed by atoms with van der Waals surface area (Å²) in [5, 5.41) is 5.67. The maximum Gasteiger partial charge on any atom is 0.255 e. The molecular weight excluding hydrogens is 340 g/mol. The lowest BCUT2D eigenvalue weighted by Gasteiger charge is -2.09. The molecule has 2 N–H and O–H groups in total. The van der Waals surface area contributed by atoms with Crippen LogP contribution in [0.4, 0.5) is 11.4 Å². The van der Waals surface area contributed by atoms with Gasteiger partial charge >= 0.3 is 0 Å². The van der Waals surface area contributed by atoms with E-state index in [9.17, 15) is 9.59 Å². The number of carbonyl (C=O) groups is 2. The first-order valence-electron chi connectivity index (χ1n) is 9.56. The summed E-state index contributed by atoms with van der Waals surface area (Å²) in [6.45, 7) is 4.81. The molecule has 2 aromatic carbocycles. The molecule has 144 valence electrons. The Hall–Kier alpha value is -2.82. The van der Waals surface area contributed by atoms with Crippen LogP contribution in [0.1, 0.15) is 56.3 Å². The molecule has 0 fully saturated rings. The molecule has 0 unspecified atom stereocenters. The van der Waals surface area contributed by atoms with Crippen LogP contribution >= 0.6 is 0 Å². The van der Waals surface area contributed by atoms with Gasteiger partial charge in [0, 0.05) is 23.4 Å². The highest BCUT2D eigenvalue weighted by Crippen LogP contribution is 2.17. The second kappa shape index (κ2) is 11.0. The second-order valence-corrected chi connectivity index (χ2v) is 6.41. The van der Waals surface area contributed by atoms with Crippen molar-refractivity contribution in [3.05, 3.63) is 54.1 Å². The SMILES string of the molecule is CCCCCOc1ccc(C(=O)Nc2ccc(NC(=O)CCC)cc2)cc1. The molecule has 2 amide bonds. The molecule has 0 aliphatic heterocycles. The van der Waals surface area contributed by atoms with Crippen molar-refractivity contribution in [3.63, 3.8) is 0 Å². The van der Waals surface area contributed by atoms with E-state index in [2.05, 4.69) is 17.6 Å². The average Bonchev–Trinajstić information content (AvgIpc) is 2.67. The molecule has 0 radical (unpaired) electrons. The normalized spacial score (nSPS) is 10.3. The molecule has 0 aromatic heterocycles. The molecule has 0 aliphatic carbocycles. The van der Waals surface area contributed by atoms with Gasteiger partial charge in [0.1, 0.15) is 5.75 Å². The highest BCUT2D eigenvalue weighted by molar-refractivity contribution is 6.04. The van der Waals surface area contributed by atoms with Gasteiger partial charge in [-0.25, -0.2) is 0 Å². The van der Waals surface area contributed by atoms with Crippen molar-refractivity contribution in [2.75, 3.05) is 17.2 Å². The first-order valence-corrected chi connectivity index (χ1v) is 9.56. The minimum absolute atomic E-state index is 0.00807. The summed E-state index contributed by atoms with van der Waals surface area (Å²) in [6.07, 6.45) is 4.66. The number of hydrogen-bond acceptors (Lipinski definition) is 3. The number of hydrogen-bond donors (Lipinski definition) is 2. The van der Waals surface area contributed by atoms with Gasteiger partial charge in [0.05, 0.1) is 6.61 Å². The molecule has 0 bridgehead atoms. The Morgan fingerprint density at radius 2 is 1.44 bits per heavy atom. The van der Waals surface area contributed by atoms with Gasteiger partial charge in [0.25, 0.3) is 5.91 Å². The van der Waals surface area contributed by atoms with Crippen molar-refractivity contribution in [1.82, 2.24) is 0 Å². The largest absolute Gasteiger partial charge is 0.494 e. The Labute approximate surface area is 161 Å². The number of unbranched alkanes of at least 4 members (excludes halogenated alkanes) is 2. The molecule has 0 heterocycles. The molecule has 0 atom stereocenters. The van der Waals surface area contributed by atoms with Crippen LogP contribution in [-0.4, -0.2) is 18.4 Å². The predicted octanol–water partition coefficient (Wildman–Crippen LogP) is 5.25. The number of benzene rings is 2. The summed E-state index contributed by atoms with van der Waals surface area (Å²) in [6, 6.07) is 14.2. The average molecular weight is 368 g/mol. The topological polar surface area (TPSA) is 67.4 Å². The van der Waals surface area contributed by atoms with Crippen LogP contribution < -0.4 is 15.4 Å². The molecule has 5 heteroatoms. The minimum Gasteiger partial charge on any atom is -0.494 e. The van der Waals surface area contributed by atoms with Crippen LogP contribution in [0.3, 0.4) is 0 Å². The van der Waals surface area contributed by atoms with Crippen LogP contribution in [0.25, 0.3) is 0 Å². The van der Waals surface area contributed by atoms with Gasteiger partial charge in [0.2, 0.25) is 5.91 Å². The zero-order valence-corrected chi connectivity index (χ0v) is 16.1. The standard InChI is InChI=1S/C22H28N2O3/c1-3-5-6-16-27-20-14-8-17(9-15-20)22(26)24-19-12-10-18(11-13-19)23-21(25)7-4-2/h8-15H,3-7,16H2,1-2H3,(H,23,25)(H,24,26). The van der Waals surface area contributed by atoms with E-state index in [-0.39, 0.29) is 11.8 Å². The zero-order valence-electron chi connectivity index (χ0n) is 16.1. The van der Waals surface area contributed by atoms with Crippen LogP contribution in [0.2, 0.25) is 0 Å². The quantitative estimate of drug-likeness (QED) is 0.563. The molecule has 2 aromatic rings. The molecular formula is C22H28N2O3. The molecule has 0 saturated carbocycles. The number of rotatable bonds is 10. The Kier molecular flexibility index (Phi) is 8.36. The van der Waals surface area contributed by atoms with Crippen molar-refractivity contribution in [3.8, 4) is 5.75 Å². The van der Waals surface area contributed by atoms with Gasteiger partial charge in [-0.3, -0.25) is 9.59 Å². The van der Waals surface area contributed by atoms with Gasteiger partial charge in [-0.15, -0.1) is 0 Å². The number of ether oxygens (including phenoxy) is 1. The number of carbonyl (C=O) groups excluding carboxylic acids is 2. The van der Waals surface area contributed by atoms with Crippen molar-refractivity contribution >= 4 is 23.2 Å². The van der Waals surface area contributed by atoms with E-state index in [1.54, 1.807) is 36.4 Å². The Morgan fingerprint density at radius 1 is 0.815 bits per heavy atom. The molecule has 0 aliphatic rings. The van der Waals surface area contributed by atoms with Crippen molar-refractivity contribution in [2.24, 2.45) is 0 Å². The maximum atomic E-state index is 12.4. The number of amides is 2. The fourth-order valence-electron chi connectivity index (χ4n) is 2.54. The first-order chi connectivity index (χ1) is 13.1. The lowest BCUT2D eigenvalue weighted by Crippen LogP contribution is -2.12. The second-order valence-electron chi connectivity index (χ2n) is 6.41. The van der Waals surface area contributed by atoms with E-state index in [1.165, 1.54) is 0 Å². The zero-order chi connectivity index (χ0) is 19.5. The maximum absolute atomic E-state index is 12.4. The van der Waals surface area contributed by atoms with Crippen molar-refractivity contribution in [1.29, 1.82) is 0 Å². The molecule has 0 saturated heterocycles. The van der Waals surface area contributed by atoms with Crippen molar-refractivity contribution < 1.29 is 14.3 Å². The summed E-state index contributed by atoms with van der Waals surface area (Å²) in [5.41, 5.74) is 1.96. The highest BCUT2D eigenvalue weighted by Gasteiger charge is 2.07. The molecule has 5 nitrogen and oxygen atoms in total. The van der Waals surface area contributed by atoms with E-state index < -0.39 is 0 Å². The third kappa shape index (κ3) is 7.13. The molecule has 0 spiro atoms. The monoisotopic (exact) mass is 368 g/mol. The summed E-state index contributed by atoms with van der Waals surface area (Å²) in [4.78, 5) is 23.9. The van der Waals surface area contributed by atoms with Crippen LogP contribution in [0, 0.1) is 0 Å². The minimum atomic E-state index is -0.185. The summed E-state index contributed by atoms with van der Waals surface area (Å²) >= 11 is 0. The summed E-state index contributed by atoms with van der Waals surface area (Å²) in [7, 11) is 0. The lowest BCUT2D eigenvalue weighted by molar-refractivity contribution is -0.116. The highest BCUT2D eigenvalue weighted by atomic mass is 16.5. The van der Waals surface area contributed by atoms with Gasteiger partial charge in [-0.2, -0.15) is 0 Å². The fourth-order valence-corrected chi connectivity index (χ4v) is 2.54. The molecule has 27 heavy (non-hydrogen) atoms. The summed E-state index contributed by atoms with van der Waals surface area (Å²) in [5.74, 6) is 0.580. The van der Waals surface area contributed by atoms with Gasteiger partial charge < -0.3 is 15.4 Å². The van der Waals surface area contributed by atoms with Crippen LogP contribution in [-0.2, 0) is 4.79 Å². The fraction of sp³-hybridized carbons (Fsp3) is 0.364. The third-order valence-electron chi connectivity index (χ3n) is 4.04. The van der Waals surface area contributed by atoms with Crippen LogP contribution in [0.15, 0.2) is 48.5 Å². The van der Waals surface area contributed by atoms with Crippen LogP contribution in [0.5, 0.6) is 5.75 Å². The van der Waals surface area contributed by atoms with Gasteiger partial charge in [0.15, 0.2) is 0 Å². The predicted molar refractivity (Wildman–Crippen MR) is 109 cm³/mol. The van der Waals surface area contributed by atoms with E-state index in [4.69, 9.17) is 4.74 Å². The van der Waals surface area contributed by atoms with Crippen molar-refractivity contribution in [2.45, 2.75) is 46.0 Å². The van der Waals surface area contributed by atoms with Gasteiger partial charge in [-0.1, -0.05) is 26.7 Å². The number of nitrogens with one attached hydrogen (secondary N) is 2. The van der Waals surface area contributed by atoms with Gasteiger partial charge in [-0.05, 0) is 61.4 Å². The van der Waals surface area contributed by atoms with E-state index in [0.717, 1.165) is 37.1 Å². The Bertz CT molecular complexity index is 724. The smallest absolute Gasteiger partial charge is 0.255 e. The Balaban J connectivity index is 1.86. The first kappa shape index (κ1) is 20.5. The number of anilines is 2.